The number of ether oxygens (including phenoxy) is 1. The normalized spacial score (nSPS) is 18.6. The van der Waals surface area contributed by atoms with E-state index in [0.29, 0.717) is 24.5 Å². The van der Waals surface area contributed by atoms with Crippen molar-refractivity contribution in [1.82, 2.24) is 9.80 Å². The van der Waals surface area contributed by atoms with E-state index in [-0.39, 0.29) is 22.6 Å². The Morgan fingerprint density at radius 1 is 1.21 bits per heavy atom. The zero-order valence-corrected chi connectivity index (χ0v) is 18.0. The van der Waals surface area contributed by atoms with Crippen molar-refractivity contribution in [3.05, 3.63) is 59.7 Å². The van der Waals surface area contributed by atoms with Crippen molar-refractivity contribution in [3.8, 4) is 5.75 Å². The number of anilines is 1. The zero-order valence-electron chi connectivity index (χ0n) is 17.2. The summed E-state index contributed by atoms with van der Waals surface area (Å²) in [6.45, 7) is 4.91. The first-order valence-corrected chi connectivity index (χ1v) is 10.5. The summed E-state index contributed by atoms with van der Waals surface area (Å²) in [5.74, 6) is 0.718. The van der Waals surface area contributed by atoms with Gasteiger partial charge in [0.2, 0.25) is 5.91 Å². The third-order valence-electron chi connectivity index (χ3n) is 5.07. The molecular formula is C22H27N3O3S. The van der Waals surface area contributed by atoms with E-state index in [4.69, 9.17) is 4.74 Å². The summed E-state index contributed by atoms with van der Waals surface area (Å²) in [4.78, 5) is 28.8. The Morgan fingerprint density at radius 2 is 1.90 bits per heavy atom. The number of hydrogen-bond acceptors (Lipinski definition) is 4. The van der Waals surface area contributed by atoms with Gasteiger partial charge < -0.3 is 19.9 Å². The number of hydrogen-bond donors (Lipinski definition) is 1. The van der Waals surface area contributed by atoms with Crippen molar-refractivity contribution in [1.29, 1.82) is 0 Å². The molecule has 0 radical (unpaired) electrons. The lowest BCUT2D eigenvalue weighted by Gasteiger charge is -2.28. The lowest BCUT2D eigenvalue weighted by atomic mass is 10.1. The number of likely N-dealkylation sites (N-methyl/N-ethyl adjacent to an activating group) is 1. The standard InChI is InChI=1S/C22H27N3O3S/c1-15-9-5-6-10-17(15)21-25(20(26)16(2)29-21)14-13-24(3)22(27)23-18-11-7-8-12-19(18)28-4/h5-12,16,21H,13-14H2,1-4H3,(H,23,27)/t16-,21-/m0/s1. The highest BCUT2D eigenvalue weighted by Gasteiger charge is 2.38. The maximum atomic E-state index is 12.7. The molecule has 2 aromatic rings. The Labute approximate surface area is 176 Å². The largest absolute Gasteiger partial charge is 0.495 e. The third-order valence-corrected chi connectivity index (χ3v) is 6.45. The Kier molecular flexibility index (Phi) is 6.69. The lowest BCUT2D eigenvalue weighted by molar-refractivity contribution is -0.129. The molecule has 2 aromatic carbocycles. The van der Waals surface area contributed by atoms with Crippen LogP contribution in [-0.4, -0.2) is 54.2 Å². The Bertz CT molecular complexity index is 889. The van der Waals surface area contributed by atoms with E-state index in [1.165, 1.54) is 5.56 Å². The molecule has 2 atom stereocenters. The number of aryl methyl sites for hydroxylation is 1. The molecule has 29 heavy (non-hydrogen) atoms. The molecule has 0 spiro atoms. The smallest absolute Gasteiger partial charge is 0.321 e. The molecule has 1 heterocycles. The molecule has 3 amide bonds. The monoisotopic (exact) mass is 413 g/mol. The number of carbonyl (C=O) groups is 2. The first-order valence-electron chi connectivity index (χ1n) is 9.59. The number of carbonyl (C=O) groups excluding carboxylic acids is 2. The maximum absolute atomic E-state index is 12.7. The molecular weight excluding hydrogens is 386 g/mol. The molecule has 6 nitrogen and oxygen atoms in total. The van der Waals surface area contributed by atoms with Crippen LogP contribution in [0.2, 0.25) is 0 Å². The van der Waals surface area contributed by atoms with E-state index >= 15 is 0 Å². The summed E-state index contributed by atoms with van der Waals surface area (Å²) in [6.07, 6.45) is 0. The predicted octanol–water partition coefficient (Wildman–Crippen LogP) is 4.13. The number of urea groups is 1. The van der Waals surface area contributed by atoms with Crippen LogP contribution in [0.15, 0.2) is 48.5 Å². The molecule has 1 aliphatic heterocycles. The Hall–Kier alpha value is -2.67. The van der Waals surface area contributed by atoms with Crippen molar-refractivity contribution in [2.24, 2.45) is 0 Å². The molecule has 0 bridgehead atoms. The molecule has 3 rings (SSSR count). The number of benzene rings is 2. The Balaban J connectivity index is 1.66. The predicted molar refractivity (Wildman–Crippen MR) is 117 cm³/mol. The first-order chi connectivity index (χ1) is 13.9. The van der Waals surface area contributed by atoms with Gasteiger partial charge in [-0.05, 0) is 37.1 Å². The van der Waals surface area contributed by atoms with Crippen molar-refractivity contribution < 1.29 is 14.3 Å². The number of methoxy groups -OCH3 is 1. The highest BCUT2D eigenvalue weighted by molar-refractivity contribution is 8.01. The molecule has 0 aliphatic carbocycles. The second-order valence-electron chi connectivity index (χ2n) is 7.07. The van der Waals surface area contributed by atoms with E-state index in [9.17, 15) is 9.59 Å². The van der Waals surface area contributed by atoms with E-state index in [2.05, 4.69) is 24.4 Å². The van der Waals surface area contributed by atoms with Crippen LogP contribution in [-0.2, 0) is 4.79 Å². The molecule has 1 fully saturated rings. The van der Waals surface area contributed by atoms with Crippen LogP contribution in [0.25, 0.3) is 0 Å². The zero-order chi connectivity index (χ0) is 21.0. The summed E-state index contributed by atoms with van der Waals surface area (Å²) in [5.41, 5.74) is 2.93. The SMILES string of the molecule is COc1ccccc1NC(=O)N(C)CCN1C(=O)[C@H](C)S[C@H]1c1ccccc1C. The molecule has 154 valence electrons. The van der Waals surface area contributed by atoms with Crippen LogP contribution in [0.3, 0.4) is 0 Å². The van der Waals surface area contributed by atoms with E-state index in [1.807, 2.05) is 36.1 Å². The summed E-state index contributed by atoms with van der Waals surface area (Å²) in [6, 6.07) is 15.2. The fourth-order valence-corrected chi connectivity index (χ4v) is 4.73. The van der Waals surface area contributed by atoms with Crippen LogP contribution in [0, 0.1) is 6.92 Å². The number of rotatable bonds is 6. The highest BCUT2D eigenvalue weighted by atomic mass is 32.2. The number of nitrogens with one attached hydrogen (secondary N) is 1. The van der Waals surface area contributed by atoms with Gasteiger partial charge in [0.1, 0.15) is 11.1 Å². The van der Waals surface area contributed by atoms with Crippen LogP contribution in [0.1, 0.15) is 23.4 Å². The van der Waals surface area contributed by atoms with Crippen molar-refractivity contribution in [3.63, 3.8) is 0 Å². The van der Waals surface area contributed by atoms with Crippen molar-refractivity contribution in [2.75, 3.05) is 32.6 Å². The second kappa shape index (κ2) is 9.22. The summed E-state index contributed by atoms with van der Waals surface area (Å²) >= 11 is 1.66. The minimum atomic E-state index is -0.241. The van der Waals surface area contributed by atoms with Gasteiger partial charge >= 0.3 is 6.03 Å². The van der Waals surface area contributed by atoms with Crippen molar-refractivity contribution in [2.45, 2.75) is 24.5 Å². The fraction of sp³-hybridized carbons (Fsp3) is 0.364. The molecule has 0 unspecified atom stereocenters. The molecule has 0 saturated carbocycles. The number of para-hydroxylation sites is 2. The van der Waals surface area contributed by atoms with Gasteiger partial charge in [0, 0.05) is 20.1 Å². The molecule has 1 saturated heterocycles. The van der Waals surface area contributed by atoms with Gasteiger partial charge in [0.25, 0.3) is 0 Å². The number of thioether (sulfide) groups is 1. The quantitative estimate of drug-likeness (QED) is 0.774. The summed E-state index contributed by atoms with van der Waals surface area (Å²) < 4.78 is 5.28. The topological polar surface area (TPSA) is 61.9 Å². The summed E-state index contributed by atoms with van der Waals surface area (Å²) in [7, 11) is 3.29. The van der Waals surface area contributed by atoms with Crippen molar-refractivity contribution >= 4 is 29.4 Å². The van der Waals surface area contributed by atoms with E-state index in [1.54, 1.807) is 43.0 Å². The van der Waals surface area contributed by atoms with Crippen LogP contribution in [0.5, 0.6) is 5.75 Å². The van der Waals surface area contributed by atoms with Gasteiger partial charge in [-0.15, -0.1) is 11.8 Å². The minimum absolute atomic E-state index is 0.0237. The highest BCUT2D eigenvalue weighted by Crippen LogP contribution is 2.43. The molecule has 0 aromatic heterocycles. The lowest BCUT2D eigenvalue weighted by Crippen LogP contribution is -2.40. The van der Waals surface area contributed by atoms with Gasteiger partial charge in [0.05, 0.1) is 18.0 Å². The molecule has 1 aliphatic rings. The fourth-order valence-electron chi connectivity index (χ4n) is 3.32. The number of nitrogens with zero attached hydrogens (tertiary/aromatic N) is 2. The Morgan fingerprint density at radius 3 is 2.62 bits per heavy atom. The van der Waals surface area contributed by atoms with Crippen LogP contribution >= 0.6 is 11.8 Å². The average molecular weight is 414 g/mol. The second-order valence-corrected chi connectivity index (χ2v) is 8.50. The van der Waals surface area contributed by atoms with Gasteiger partial charge in [-0.25, -0.2) is 4.79 Å². The first kappa shape index (κ1) is 21.0. The third kappa shape index (κ3) is 4.67. The van der Waals surface area contributed by atoms with Gasteiger partial charge in [-0.3, -0.25) is 4.79 Å². The maximum Gasteiger partial charge on any atom is 0.321 e. The molecule has 7 heteroatoms. The van der Waals surface area contributed by atoms with Crippen LogP contribution < -0.4 is 10.1 Å². The number of amides is 3. The average Bonchev–Trinajstić information content (AvgIpc) is 3.00. The van der Waals surface area contributed by atoms with Crippen LogP contribution in [0.4, 0.5) is 10.5 Å². The van der Waals surface area contributed by atoms with Gasteiger partial charge in [0.15, 0.2) is 0 Å². The molecule has 1 N–H and O–H groups in total. The minimum Gasteiger partial charge on any atom is -0.495 e. The van der Waals surface area contributed by atoms with E-state index < -0.39 is 0 Å². The van der Waals surface area contributed by atoms with E-state index in [0.717, 1.165) is 5.56 Å². The van der Waals surface area contributed by atoms with Gasteiger partial charge in [-0.2, -0.15) is 0 Å². The summed E-state index contributed by atoms with van der Waals surface area (Å²) in [5, 5.41) is 2.75. The van der Waals surface area contributed by atoms with Gasteiger partial charge in [-0.1, -0.05) is 36.4 Å².